The smallest absolute Gasteiger partial charge is 0.119 e. The van der Waals surface area contributed by atoms with Gasteiger partial charge in [0.2, 0.25) is 0 Å². The number of ether oxygens (including phenoxy) is 2. The Balaban J connectivity index is 0.913. The lowest BCUT2D eigenvalue weighted by Crippen LogP contribution is -2.35. The van der Waals surface area contributed by atoms with E-state index in [9.17, 15) is 0 Å². The standard InChI is InChI=1S/C36H39Cl2N7O2/c1-46-25-5-9-31-29(21-25)35(27-7-3-23(37)19-33(27)44-31)42-17-15-40-13-11-39-12-14-41-16-18-43-36-28-8-4-24(38)20-34(28)45-32-10-6-26(47-2)22-30(32)36/h3-10,19-22,39-41H,11-18H2,1-2H3,(H,42,44)(H,43,45). The van der Waals surface area contributed by atoms with Crippen LogP contribution >= 0.6 is 23.2 Å². The Morgan fingerprint density at radius 2 is 0.872 bits per heavy atom. The van der Waals surface area contributed by atoms with Crippen molar-refractivity contribution in [1.29, 1.82) is 0 Å². The molecule has 6 rings (SSSR count). The number of benzene rings is 4. The lowest BCUT2D eigenvalue weighted by Gasteiger charge is -2.15. The Hall–Kier alpha value is -4.12. The number of nitrogens with zero attached hydrogens (tertiary/aromatic N) is 2. The first-order valence-corrected chi connectivity index (χ1v) is 16.5. The molecule has 0 saturated heterocycles. The molecule has 0 aliphatic heterocycles. The first-order valence-electron chi connectivity index (χ1n) is 15.8. The fraction of sp³-hybridized carbons (Fsp3) is 0.278. The third-order valence-electron chi connectivity index (χ3n) is 8.05. The molecule has 0 saturated carbocycles. The SMILES string of the molecule is COc1ccc2nc3cc(Cl)ccc3c(NCCNCCNCCNCCNc3c4ccc(Cl)cc4nc4ccc(OC)cc34)c2c1. The van der Waals surface area contributed by atoms with Gasteiger partial charge in [-0.25, -0.2) is 9.97 Å². The Bertz CT molecular complexity index is 1860. The number of pyridine rings is 2. The molecule has 11 heteroatoms. The van der Waals surface area contributed by atoms with Crippen LogP contribution in [0.25, 0.3) is 43.6 Å². The van der Waals surface area contributed by atoms with E-state index in [2.05, 4.69) is 26.6 Å². The van der Waals surface area contributed by atoms with Crippen LogP contribution in [0.4, 0.5) is 11.4 Å². The van der Waals surface area contributed by atoms with Crippen molar-refractivity contribution in [2.45, 2.75) is 0 Å². The summed E-state index contributed by atoms with van der Waals surface area (Å²) in [4.78, 5) is 9.61. The van der Waals surface area contributed by atoms with Crippen molar-refractivity contribution in [3.8, 4) is 11.5 Å². The zero-order valence-electron chi connectivity index (χ0n) is 26.6. The molecule has 9 nitrogen and oxygen atoms in total. The number of hydrogen-bond donors (Lipinski definition) is 5. The van der Waals surface area contributed by atoms with Crippen LogP contribution in [0.15, 0.2) is 72.8 Å². The normalized spacial score (nSPS) is 11.5. The molecule has 0 bridgehead atoms. The lowest BCUT2D eigenvalue weighted by atomic mass is 10.1. The molecule has 5 N–H and O–H groups in total. The van der Waals surface area contributed by atoms with Crippen molar-refractivity contribution in [1.82, 2.24) is 25.9 Å². The van der Waals surface area contributed by atoms with Crippen LogP contribution in [-0.2, 0) is 0 Å². The molecule has 0 amide bonds. The van der Waals surface area contributed by atoms with E-state index in [1.54, 1.807) is 14.2 Å². The average molecular weight is 673 g/mol. The van der Waals surface area contributed by atoms with Gasteiger partial charge in [0.15, 0.2) is 0 Å². The molecule has 4 aromatic carbocycles. The maximum Gasteiger partial charge on any atom is 0.119 e. The fourth-order valence-corrected chi connectivity index (χ4v) is 6.04. The summed E-state index contributed by atoms with van der Waals surface area (Å²) in [7, 11) is 3.35. The van der Waals surface area contributed by atoms with E-state index in [0.29, 0.717) is 10.0 Å². The van der Waals surface area contributed by atoms with Gasteiger partial charge < -0.3 is 36.1 Å². The number of fused-ring (bicyclic) bond motifs is 4. The number of methoxy groups -OCH3 is 2. The topological polar surface area (TPSA) is 104 Å². The molecule has 47 heavy (non-hydrogen) atoms. The summed E-state index contributed by atoms with van der Waals surface area (Å²) in [6.07, 6.45) is 0. The zero-order valence-corrected chi connectivity index (χ0v) is 28.1. The van der Waals surface area contributed by atoms with E-state index in [1.165, 1.54) is 0 Å². The highest BCUT2D eigenvalue weighted by Gasteiger charge is 2.12. The minimum Gasteiger partial charge on any atom is -0.497 e. The van der Waals surface area contributed by atoms with E-state index in [0.717, 1.165) is 119 Å². The van der Waals surface area contributed by atoms with Crippen molar-refractivity contribution >= 4 is 78.2 Å². The quantitative estimate of drug-likeness (QED) is 0.0568. The number of anilines is 2. The molecule has 0 atom stereocenters. The molecule has 0 fully saturated rings. The van der Waals surface area contributed by atoms with Crippen molar-refractivity contribution in [3.05, 3.63) is 82.8 Å². The zero-order chi connectivity index (χ0) is 32.6. The fourth-order valence-electron chi connectivity index (χ4n) is 5.71. The predicted octanol–water partition coefficient (Wildman–Crippen LogP) is 6.71. The van der Waals surface area contributed by atoms with Gasteiger partial charge in [-0.1, -0.05) is 23.2 Å². The van der Waals surface area contributed by atoms with Crippen molar-refractivity contribution < 1.29 is 9.47 Å². The summed E-state index contributed by atoms with van der Waals surface area (Å²) >= 11 is 12.5. The second-order valence-corrected chi connectivity index (χ2v) is 12.0. The van der Waals surface area contributed by atoms with Gasteiger partial charge in [-0.3, -0.25) is 0 Å². The Labute approximate surface area is 284 Å². The van der Waals surface area contributed by atoms with Crippen LogP contribution in [-0.4, -0.2) is 76.5 Å². The maximum atomic E-state index is 6.26. The minimum atomic E-state index is 0.671. The number of rotatable bonds is 16. The van der Waals surface area contributed by atoms with E-state index in [4.69, 9.17) is 42.6 Å². The summed E-state index contributed by atoms with van der Waals surface area (Å²) in [5.41, 5.74) is 5.60. The van der Waals surface area contributed by atoms with Crippen LogP contribution in [0.1, 0.15) is 0 Å². The van der Waals surface area contributed by atoms with Crippen LogP contribution in [0.2, 0.25) is 10.0 Å². The Kier molecular flexibility index (Phi) is 10.9. The van der Waals surface area contributed by atoms with Gasteiger partial charge in [0.1, 0.15) is 11.5 Å². The van der Waals surface area contributed by atoms with Gasteiger partial charge in [0.25, 0.3) is 0 Å². The third-order valence-corrected chi connectivity index (χ3v) is 8.52. The maximum absolute atomic E-state index is 6.26. The molecule has 2 heterocycles. The van der Waals surface area contributed by atoms with Crippen molar-refractivity contribution in [3.63, 3.8) is 0 Å². The van der Waals surface area contributed by atoms with Crippen LogP contribution in [0, 0.1) is 0 Å². The van der Waals surface area contributed by atoms with Crippen LogP contribution < -0.4 is 36.1 Å². The Morgan fingerprint density at radius 3 is 1.28 bits per heavy atom. The van der Waals surface area contributed by atoms with E-state index < -0.39 is 0 Å². The van der Waals surface area contributed by atoms with Crippen LogP contribution in [0.3, 0.4) is 0 Å². The monoisotopic (exact) mass is 671 g/mol. The summed E-state index contributed by atoms with van der Waals surface area (Å²) in [6, 6.07) is 23.5. The number of hydrogen-bond acceptors (Lipinski definition) is 9. The van der Waals surface area contributed by atoms with Gasteiger partial charge in [-0.05, 0) is 72.8 Å². The molecule has 0 radical (unpaired) electrons. The van der Waals surface area contributed by atoms with Crippen molar-refractivity contribution in [2.75, 3.05) is 77.2 Å². The summed E-state index contributed by atoms with van der Waals surface area (Å²) in [5, 5.41) is 23.2. The highest BCUT2D eigenvalue weighted by molar-refractivity contribution is 6.32. The molecule has 244 valence electrons. The third kappa shape index (κ3) is 7.89. The molecule has 6 aromatic rings. The van der Waals surface area contributed by atoms with Crippen molar-refractivity contribution in [2.24, 2.45) is 0 Å². The predicted molar refractivity (Wildman–Crippen MR) is 197 cm³/mol. The van der Waals surface area contributed by atoms with E-state index >= 15 is 0 Å². The highest BCUT2D eigenvalue weighted by atomic mass is 35.5. The Morgan fingerprint density at radius 1 is 0.468 bits per heavy atom. The number of nitrogens with one attached hydrogen (secondary N) is 5. The van der Waals surface area contributed by atoms with E-state index in [-0.39, 0.29) is 0 Å². The largest absolute Gasteiger partial charge is 0.497 e. The molecule has 2 aromatic heterocycles. The lowest BCUT2D eigenvalue weighted by molar-refractivity contribution is 0.415. The van der Waals surface area contributed by atoms with E-state index in [1.807, 2.05) is 72.8 Å². The van der Waals surface area contributed by atoms with Gasteiger partial charge >= 0.3 is 0 Å². The minimum absolute atomic E-state index is 0.671. The molecule has 0 aliphatic carbocycles. The number of aromatic nitrogens is 2. The van der Waals surface area contributed by atoms with Crippen LogP contribution in [0.5, 0.6) is 11.5 Å². The van der Waals surface area contributed by atoms with Gasteiger partial charge in [0.05, 0.1) is 47.7 Å². The first kappa shape index (κ1) is 32.8. The summed E-state index contributed by atoms with van der Waals surface area (Å²) < 4.78 is 10.9. The molecular weight excluding hydrogens is 633 g/mol. The summed E-state index contributed by atoms with van der Waals surface area (Å²) in [6.45, 7) is 6.71. The highest BCUT2D eigenvalue weighted by Crippen LogP contribution is 2.35. The molecule has 0 unspecified atom stereocenters. The molecule has 0 aliphatic rings. The molecular formula is C36H39Cl2N7O2. The average Bonchev–Trinajstić information content (AvgIpc) is 3.08. The van der Waals surface area contributed by atoms with Gasteiger partial charge in [0, 0.05) is 83.9 Å². The van der Waals surface area contributed by atoms with Gasteiger partial charge in [-0.15, -0.1) is 0 Å². The second-order valence-electron chi connectivity index (χ2n) is 11.2. The first-order chi connectivity index (χ1) is 23.0. The molecule has 0 spiro atoms. The van der Waals surface area contributed by atoms with Gasteiger partial charge in [-0.2, -0.15) is 0 Å². The number of halogens is 2. The second kappa shape index (κ2) is 15.6. The summed E-state index contributed by atoms with van der Waals surface area (Å²) in [5.74, 6) is 1.60.